The van der Waals surface area contributed by atoms with Crippen molar-refractivity contribution in [1.82, 2.24) is 0 Å². The van der Waals surface area contributed by atoms with E-state index < -0.39 is 11.9 Å². The van der Waals surface area contributed by atoms with Gasteiger partial charge in [0.1, 0.15) is 17.3 Å². The molecule has 0 radical (unpaired) electrons. The number of rotatable bonds is 5. The normalized spacial score (nSPS) is 12.0. The molecule has 1 unspecified atom stereocenters. The molecule has 0 bridgehead atoms. The summed E-state index contributed by atoms with van der Waals surface area (Å²) in [4.78, 5) is 0. The molecule has 0 fully saturated rings. The molecular formula is C16H16ClFO3. The summed E-state index contributed by atoms with van der Waals surface area (Å²) in [6.07, 6.45) is -0.965. The van der Waals surface area contributed by atoms with Gasteiger partial charge in [-0.25, -0.2) is 4.39 Å². The van der Waals surface area contributed by atoms with Crippen LogP contribution in [0.4, 0.5) is 4.39 Å². The van der Waals surface area contributed by atoms with E-state index in [4.69, 9.17) is 21.1 Å². The van der Waals surface area contributed by atoms with Crippen LogP contribution in [0.5, 0.6) is 11.5 Å². The van der Waals surface area contributed by atoms with Crippen LogP contribution in [0.1, 0.15) is 17.2 Å². The summed E-state index contributed by atoms with van der Waals surface area (Å²) in [6.45, 7) is 0. The zero-order valence-corrected chi connectivity index (χ0v) is 12.5. The van der Waals surface area contributed by atoms with E-state index in [1.165, 1.54) is 26.4 Å². The molecule has 2 rings (SSSR count). The van der Waals surface area contributed by atoms with Gasteiger partial charge in [-0.1, -0.05) is 23.7 Å². The molecule has 0 aliphatic carbocycles. The van der Waals surface area contributed by atoms with Gasteiger partial charge >= 0.3 is 0 Å². The topological polar surface area (TPSA) is 38.7 Å². The second-order valence-electron chi connectivity index (χ2n) is 4.50. The smallest absolute Gasteiger partial charge is 0.128 e. The lowest BCUT2D eigenvalue weighted by Crippen LogP contribution is -2.08. The summed E-state index contributed by atoms with van der Waals surface area (Å²) < 4.78 is 24.3. The molecule has 112 valence electrons. The molecule has 0 aromatic heterocycles. The minimum atomic E-state index is -0.995. The van der Waals surface area contributed by atoms with Crippen LogP contribution in [0.3, 0.4) is 0 Å². The highest BCUT2D eigenvalue weighted by Gasteiger charge is 2.21. The molecule has 0 saturated carbocycles. The van der Waals surface area contributed by atoms with Crippen molar-refractivity contribution in [2.75, 3.05) is 14.2 Å². The summed E-state index contributed by atoms with van der Waals surface area (Å²) >= 11 is 5.99. The van der Waals surface area contributed by atoms with Crippen molar-refractivity contribution in [3.8, 4) is 11.5 Å². The fourth-order valence-corrected chi connectivity index (χ4v) is 2.47. The van der Waals surface area contributed by atoms with Crippen molar-refractivity contribution in [1.29, 1.82) is 0 Å². The summed E-state index contributed by atoms with van der Waals surface area (Å²) in [5.74, 6) is 0.513. The van der Waals surface area contributed by atoms with Crippen molar-refractivity contribution in [2.45, 2.75) is 12.5 Å². The first kappa shape index (κ1) is 15.6. The second-order valence-corrected chi connectivity index (χ2v) is 4.90. The first-order valence-electron chi connectivity index (χ1n) is 6.40. The largest absolute Gasteiger partial charge is 0.496 e. The molecular weight excluding hydrogens is 295 g/mol. The Labute approximate surface area is 127 Å². The molecule has 0 spiro atoms. The molecule has 1 atom stereocenters. The average molecular weight is 311 g/mol. The highest BCUT2D eigenvalue weighted by molar-refractivity contribution is 6.31. The van der Waals surface area contributed by atoms with Gasteiger partial charge in [0.05, 0.1) is 25.9 Å². The SMILES string of the molecule is COc1cccc(OC)c1C(O)Cc1c(F)cccc1Cl. The van der Waals surface area contributed by atoms with Gasteiger partial charge < -0.3 is 14.6 Å². The maximum absolute atomic E-state index is 13.8. The van der Waals surface area contributed by atoms with E-state index in [0.717, 1.165) is 0 Å². The van der Waals surface area contributed by atoms with E-state index in [9.17, 15) is 9.50 Å². The lowest BCUT2D eigenvalue weighted by molar-refractivity contribution is 0.168. The van der Waals surface area contributed by atoms with Crippen LogP contribution in [0.15, 0.2) is 36.4 Å². The summed E-state index contributed by atoms with van der Waals surface area (Å²) in [6, 6.07) is 9.61. The van der Waals surface area contributed by atoms with Gasteiger partial charge in [0, 0.05) is 17.0 Å². The predicted octanol–water partition coefficient (Wildman–Crippen LogP) is 3.77. The van der Waals surface area contributed by atoms with E-state index in [1.807, 2.05) is 0 Å². The molecule has 0 aliphatic rings. The molecule has 0 saturated heterocycles. The minimum Gasteiger partial charge on any atom is -0.496 e. The summed E-state index contributed by atoms with van der Waals surface area (Å²) in [5, 5.41) is 10.7. The van der Waals surface area contributed by atoms with Crippen LogP contribution in [0, 0.1) is 5.82 Å². The van der Waals surface area contributed by atoms with Crippen molar-refractivity contribution in [2.24, 2.45) is 0 Å². The zero-order chi connectivity index (χ0) is 15.4. The monoisotopic (exact) mass is 310 g/mol. The molecule has 0 amide bonds. The summed E-state index contributed by atoms with van der Waals surface area (Å²) in [7, 11) is 3.00. The number of methoxy groups -OCH3 is 2. The fourth-order valence-electron chi connectivity index (χ4n) is 2.23. The van der Waals surface area contributed by atoms with Crippen LogP contribution in [-0.4, -0.2) is 19.3 Å². The van der Waals surface area contributed by atoms with Crippen molar-refractivity contribution in [3.05, 3.63) is 58.4 Å². The number of aliphatic hydroxyl groups is 1. The molecule has 0 heterocycles. The fraction of sp³-hybridized carbons (Fsp3) is 0.250. The Bertz CT molecular complexity index is 588. The maximum Gasteiger partial charge on any atom is 0.128 e. The van der Waals surface area contributed by atoms with Gasteiger partial charge in [-0.05, 0) is 24.3 Å². The van der Waals surface area contributed by atoms with Crippen LogP contribution in [-0.2, 0) is 6.42 Å². The van der Waals surface area contributed by atoms with Crippen molar-refractivity contribution < 1.29 is 19.0 Å². The molecule has 5 heteroatoms. The quantitative estimate of drug-likeness (QED) is 0.913. The van der Waals surface area contributed by atoms with Gasteiger partial charge in [0.25, 0.3) is 0 Å². The lowest BCUT2D eigenvalue weighted by atomic mass is 9.99. The molecule has 1 N–H and O–H groups in total. The van der Waals surface area contributed by atoms with Gasteiger partial charge in [0.15, 0.2) is 0 Å². The number of hydrogen-bond donors (Lipinski definition) is 1. The molecule has 0 aliphatic heterocycles. The third-order valence-electron chi connectivity index (χ3n) is 3.26. The number of benzene rings is 2. The Morgan fingerprint density at radius 3 is 2.19 bits per heavy atom. The maximum atomic E-state index is 13.8. The van der Waals surface area contributed by atoms with E-state index in [2.05, 4.69) is 0 Å². The number of ether oxygens (including phenoxy) is 2. The molecule has 2 aromatic carbocycles. The Balaban J connectivity index is 2.39. The highest BCUT2D eigenvalue weighted by atomic mass is 35.5. The van der Waals surface area contributed by atoms with Gasteiger partial charge in [-0.2, -0.15) is 0 Å². The average Bonchev–Trinajstić information content (AvgIpc) is 2.49. The van der Waals surface area contributed by atoms with Crippen LogP contribution in [0.25, 0.3) is 0 Å². The number of aliphatic hydroxyl groups excluding tert-OH is 1. The standard InChI is InChI=1S/C16H16ClFO3/c1-20-14-7-4-8-15(21-2)16(14)13(19)9-10-11(17)5-3-6-12(10)18/h3-8,13,19H,9H2,1-2H3. The van der Waals surface area contributed by atoms with Gasteiger partial charge in [-0.15, -0.1) is 0 Å². The first-order valence-corrected chi connectivity index (χ1v) is 6.78. The minimum absolute atomic E-state index is 0.0300. The van der Waals surface area contributed by atoms with Crippen molar-refractivity contribution >= 4 is 11.6 Å². The molecule has 2 aromatic rings. The number of hydrogen-bond acceptors (Lipinski definition) is 3. The van der Waals surface area contributed by atoms with E-state index in [0.29, 0.717) is 17.1 Å². The Morgan fingerprint density at radius 1 is 1.10 bits per heavy atom. The third kappa shape index (κ3) is 3.28. The van der Waals surface area contributed by atoms with E-state index >= 15 is 0 Å². The zero-order valence-electron chi connectivity index (χ0n) is 11.8. The Morgan fingerprint density at radius 2 is 1.67 bits per heavy atom. The Kier molecular flexibility index (Phi) is 5.04. The van der Waals surface area contributed by atoms with Gasteiger partial charge in [-0.3, -0.25) is 0 Å². The number of halogens is 2. The van der Waals surface area contributed by atoms with Crippen molar-refractivity contribution in [3.63, 3.8) is 0 Å². The van der Waals surface area contributed by atoms with Gasteiger partial charge in [0.2, 0.25) is 0 Å². The highest BCUT2D eigenvalue weighted by Crippen LogP contribution is 2.36. The third-order valence-corrected chi connectivity index (χ3v) is 3.61. The van der Waals surface area contributed by atoms with Crippen LogP contribution in [0.2, 0.25) is 5.02 Å². The lowest BCUT2D eigenvalue weighted by Gasteiger charge is -2.18. The Hall–Kier alpha value is -1.78. The van der Waals surface area contributed by atoms with Crippen LogP contribution < -0.4 is 9.47 Å². The second kappa shape index (κ2) is 6.78. The predicted molar refractivity (Wildman–Crippen MR) is 79.6 cm³/mol. The molecule has 21 heavy (non-hydrogen) atoms. The summed E-state index contributed by atoms with van der Waals surface area (Å²) in [5.41, 5.74) is 0.737. The van der Waals surface area contributed by atoms with E-state index in [1.54, 1.807) is 24.3 Å². The van der Waals surface area contributed by atoms with E-state index in [-0.39, 0.29) is 17.0 Å². The molecule has 3 nitrogen and oxygen atoms in total. The van der Waals surface area contributed by atoms with Crippen LogP contribution >= 0.6 is 11.6 Å². The first-order chi connectivity index (χ1) is 10.1.